The van der Waals surface area contributed by atoms with E-state index in [0.29, 0.717) is 23.7 Å². The lowest BCUT2D eigenvalue weighted by atomic mass is 9.99. The Hall–Kier alpha value is -3.37. The molecule has 0 saturated heterocycles. The van der Waals surface area contributed by atoms with Crippen LogP contribution in [0.15, 0.2) is 30.9 Å². The summed E-state index contributed by atoms with van der Waals surface area (Å²) < 4.78 is 7.23. The van der Waals surface area contributed by atoms with Gasteiger partial charge in [0.25, 0.3) is 0 Å². The first-order chi connectivity index (χ1) is 17.3. The molecule has 0 aromatic carbocycles. The molecule has 0 unspecified atom stereocenters. The third-order valence-corrected chi connectivity index (χ3v) is 5.45. The van der Waals surface area contributed by atoms with E-state index in [4.69, 9.17) is 32.9 Å². The van der Waals surface area contributed by atoms with Gasteiger partial charge in [-0.25, -0.2) is 24.9 Å². The van der Waals surface area contributed by atoms with E-state index in [-0.39, 0.29) is 22.8 Å². The van der Waals surface area contributed by atoms with Crippen molar-refractivity contribution >= 4 is 57.7 Å². The zero-order valence-electron chi connectivity index (χ0n) is 21.7. The van der Waals surface area contributed by atoms with Crippen LogP contribution >= 0.6 is 23.2 Å². The summed E-state index contributed by atoms with van der Waals surface area (Å²) in [6.07, 6.45) is 1.73. The highest BCUT2D eigenvalue weighted by atomic mass is 35.5. The summed E-state index contributed by atoms with van der Waals surface area (Å²) in [5.41, 5.74) is 4.71. The van der Waals surface area contributed by atoms with Crippen molar-refractivity contribution in [2.75, 3.05) is 16.9 Å². The van der Waals surface area contributed by atoms with Crippen molar-refractivity contribution in [1.29, 1.82) is 0 Å². The monoisotopic (exact) mass is 547 g/mol. The van der Waals surface area contributed by atoms with Crippen LogP contribution in [0.4, 0.5) is 16.3 Å². The van der Waals surface area contributed by atoms with Gasteiger partial charge in [-0.3, -0.25) is 9.80 Å². The second kappa shape index (κ2) is 11.4. The molecule has 198 valence electrons. The van der Waals surface area contributed by atoms with Gasteiger partial charge in [0.2, 0.25) is 0 Å². The molecule has 3 aromatic rings. The molecule has 3 heterocycles. The van der Waals surface area contributed by atoms with Gasteiger partial charge in [0, 0.05) is 11.1 Å². The number of nitrogens with zero attached hydrogens (tertiary/aromatic N) is 5. The normalized spacial score (nSPS) is 11.5. The number of esters is 1. The van der Waals surface area contributed by atoms with Gasteiger partial charge < -0.3 is 10.1 Å². The number of urea groups is 1. The fraction of sp³-hybridized carbons (Fsp3) is 0.400. The van der Waals surface area contributed by atoms with Crippen molar-refractivity contribution in [3.05, 3.63) is 52.4 Å². The molecule has 10 nitrogen and oxygen atoms in total. The molecule has 12 heteroatoms. The van der Waals surface area contributed by atoms with Crippen LogP contribution in [0, 0.1) is 6.92 Å². The summed E-state index contributed by atoms with van der Waals surface area (Å²) in [5, 5.41) is 9.74. The zero-order chi connectivity index (χ0) is 27.5. The number of hydrogen-bond donors (Lipinski definition) is 2. The lowest BCUT2D eigenvalue weighted by Crippen LogP contribution is -2.48. The molecule has 3 aromatic heterocycles. The zero-order valence-corrected chi connectivity index (χ0v) is 23.2. The fourth-order valence-electron chi connectivity index (χ4n) is 3.72. The van der Waals surface area contributed by atoms with Crippen molar-refractivity contribution in [1.82, 2.24) is 25.2 Å². The molecule has 2 amide bonds. The minimum atomic E-state index is -0.713. The maximum absolute atomic E-state index is 13.0. The summed E-state index contributed by atoms with van der Waals surface area (Å²) in [5.74, 6) is -0.0950. The number of amides is 2. The van der Waals surface area contributed by atoms with Crippen LogP contribution in [0.2, 0.25) is 10.3 Å². The van der Waals surface area contributed by atoms with Crippen molar-refractivity contribution in [2.45, 2.75) is 59.6 Å². The highest BCUT2D eigenvalue weighted by Crippen LogP contribution is 2.31. The van der Waals surface area contributed by atoms with E-state index in [1.54, 1.807) is 31.5 Å². The second-order valence-corrected chi connectivity index (χ2v) is 10.5. The van der Waals surface area contributed by atoms with Crippen LogP contribution in [0.5, 0.6) is 0 Å². The number of rotatable bonds is 8. The van der Waals surface area contributed by atoms with E-state index in [2.05, 4.69) is 41.3 Å². The average Bonchev–Trinajstić information content (AvgIpc) is 3.06. The average molecular weight is 548 g/mol. The van der Waals surface area contributed by atoms with Crippen molar-refractivity contribution in [3.63, 3.8) is 0 Å². The number of halogens is 2. The smallest absolute Gasteiger partial charge is 0.338 e. The van der Waals surface area contributed by atoms with E-state index in [9.17, 15) is 9.59 Å². The largest absolute Gasteiger partial charge is 0.459 e. The predicted octanol–water partition coefficient (Wildman–Crippen LogP) is 5.64. The van der Waals surface area contributed by atoms with Gasteiger partial charge in [0.15, 0.2) is 11.5 Å². The number of aryl methyl sites for hydroxylation is 1. The SMILES string of the molecule is C=CCn1nc(C)c2c(C(C)C)cc(N(CC(=O)OC(C)(C)C)NC(=O)Nc3cc(Cl)nc(Cl)c3)nc21. The van der Waals surface area contributed by atoms with Crippen LogP contribution in [0.3, 0.4) is 0 Å². The number of pyridine rings is 2. The van der Waals surface area contributed by atoms with E-state index >= 15 is 0 Å². The highest BCUT2D eigenvalue weighted by molar-refractivity contribution is 6.33. The van der Waals surface area contributed by atoms with Crippen molar-refractivity contribution in [3.8, 4) is 0 Å². The summed E-state index contributed by atoms with van der Waals surface area (Å²) >= 11 is 11.9. The third kappa shape index (κ3) is 7.33. The first kappa shape index (κ1) is 28.2. The Morgan fingerprint density at radius 1 is 1.19 bits per heavy atom. The molecule has 0 radical (unpaired) electrons. The summed E-state index contributed by atoms with van der Waals surface area (Å²) in [7, 11) is 0. The molecule has 0 aliphatic rings. The van der Waals surface area contributed by atoms with Crippen LogP contribution in [-0.2, 0) is 16.1 Å². The molecule has 0 aliphatic carbocycles. The summed E-state index contributed by atoms with van der Waals surface area (Å²) in [4.78, 5) is 34.4. The minimum absolute atomic E-state index is 0.114. The Bertz CT molecular complexity index is 1310. The Labute approximate surface area is 226 Å². The number of carbonyl (C=O) groups excluding carboxylic acids is 2. The predicted molar refractivity (Wildman–Crippen MR) is 146 cm³/mol. The van der Waals surface area contributed by atoms with E-state index in [1.165, 1.54) is 17.1 Å². The number of hydrogen-bond acceptors (Lipinski definition) is 7. The van der Waals surface area contributed by atoms with Gasteiger partial charge in [0.1, 0.15) is 22.5 Å². The Balaban J connectivity index is 2.04. The van der Waals surface area contributed by atoms with E-state index in [0.717, 1.165) is 16.6 Å². The fourth-order valence-corrected chi connectivity index (χ4v) is 4.18. The standard InChI is InChI=1S/C25H31Cl2N7O3/c1-8-9-33-23-22(15(4)31-33)17(14(2)3)12-20(30-23)34(13-21(35)37-25(5,6)7)32-24(36)28-16-10-18(26)29-19(27)11-16/h8,10-12,14H,1,9,13H2,2-7H3,(H2,28,29,32,36). The molecule has 37 heavy (non-hydrogen) atoms. The van der Waals surface area contributed by atoms with Gasteiger partial charge in [0.05, 0.1) is 12.2 Å². The van der Waals surface area contributed by atoms with Crippen LogP contribution in [0.25, 0.3) is 11.0 Å². The van der Waals surface area contributed by atoms with E-state index < -0.39 is 17.6 Å². The van der Waals surface area contributed by atoms with Crippen molar-refractivity contribution in [2.24, 2.45) is 0 Å². The highest BCUT2D eigenvalue weighted by Gasteiger charge is 2.24. The lowest BCUT2D eigenvalue weighted by Gasteiger charge is -2.27. The number of nitrogens with one attached hydrogen (secondary N) is 2. The maximum Gasteiger partial charge on any atom is 0.338 e. The topological polar surface area (TPSA) is 114 Å². The molecule has 0 fully saturated rings. The molecule has 0 atom stereocenters. The van der Waals surface area contributed by atoms with Gasteiger partial charge in [-0.2, -0.15) is 5.10 Å². The number of carbonyl (C=O) groups is 2. The van der Waals surface area contributed by atoms with Gasteiger partial charge in [-0.1, -0.05) is 43.1 Å². The molecular formula is C25H31Cl2N7O3. The molecular weight excluding hydrogens is 517 g/mol. The quantitative estimate of drug-likeness (QED) is 0.162. The summed E-state index contributed by atoms with van der Waals surface area (Å²) in [6.45, 7) is 15.3. The molecule has 0 spiro atoms. The van der Waals surface area contributed by atoms with E-state index in [1.807, 2.05) is 13.0 Å². The number of aromatic nitrogens is 4. The number of allylic oxidation sites excluding steroid dienone is 1. The van der Waals surface area contributed by atoms with Gasteiger partial charge in [-0.05, 0) is 57.4 Å². The third-order valence-electron chi connectivity index (χ3n) is 5.06. The first-order valence-corrected chi connectivity index (χ1v) is 12.4. The minimum Gasteiger partial charge on any atom is -0.459 e. The first-order valence-electron chi connectivity index (χ1n) is 11.7. The summed E-state index contributed by atoms with van der Waals surface area (Å²) in [6, 6.07) is 4.09. The molecule has 2 N–H and O–H groups in total. The Morgan fingerprint density at radius 3 is 2.41 bits per heavy atom. The van der Waals surface area contributed by atoms with Crippen molar-refractivity contribution < 1.29 is 14.3 Å². The van der Waals surface area contributed by atoms with Gasteiger partial charge in [-0.15, -0.1) is 6.58 Å². The molecule has 0 aliphatic heterocycles. The van der Waals surface area contributed by atoms with Gasteiger partial charge >= 0.3 is 12.0 Å². The second-order valence-electron chi connectivity index (χ2n) is 9.72. The molecule has 3 rings (SSSR count). The molecule has 0 saturated carbocycles. The number of hydrazine groups is 1. The van der Waals surface area contributed by atoms with Crippen LogP contribution in [0.1, 0.15) is 51.8 Å². The Kier molecular flexibility index (Phi) is 8.65. The number of fused-ring (bicyclic) bond motifs is 1. The number of ether oxygens (including phenoxy) is 1. The Morgan fingerprint density at radius 2 is 1.84 bits per heavy atom. The molecule has 0 bridgehead atoms. The van der Waals surface area contributed by atoms with Crippen LogP contribution < -0.4 is 15.8 Å². The number of anilines is 2. The maximum atomic E-state index is 13.0. The van der Waals surface area contributed by atoms with Crippen LogP contribution in [-0.4, -0.2) is 43.9 Å². The lowest BCUT2D eigenvalue weighted by molar-refractivity contribution is -0.153.